The first-order chi connectivity index (χ1) is 12.3. The standard InChI is InChI=1S/C23H18N2/c24-14-15-11-12-22-21(13-15)18-8-4-10-20(18)23(25-22)19-9-3-6-16-5-1-2-7-17(16)19/h1-9,11-13,18,20,23,25H,10H2. The lowest BCUT2D eigenvalue weighted by atomic mass is 9.76. The first-order valence-corrected chi connectivity index (χ1v) is 8.80. The van der Waals surface area contributed by atoms with Crippen LogP contribution in [0.2, 0.25) is 0 Å². The second kappa shape index (κ2) is 5.50. The molecule has 2 heteroatoms. The van der Waals surface area contributed by atoms with E-state index in [2.05, 4.69) is 78.1 Å². The maximum atomic E-state index is 9.24. The third-order valence-electron chi connectivity index (χ3n) is 5.65. The molecule has 0 bridgehead atoms. The third-order valence-corrected chi connectivity index (χ3v) is 5.65. The van der Waals surface area contributed by atoms with Gasteiger partial charge in [0.1, 0.15) is 0 Å². The Morgan fingerprint density at radius 3 is 2.76 bits per heavy atom. The lowest BCUT2D eigenvalue weighted by Gasteiger charge is -2.38. The molecule has 120 valence electrons. The van der Waals surface area contributed by atoms with Crippen LogP contribution in [0.5, 0.6) is 0 Å². The van der Waals surface area contributed by atoms with Gasteiger partial charge >= 0.3 is 0 Å². The molecule has 0 aromatic heterocycles. The lowest BCUT2D eigenvalue weighted by molar-refractivity contribution is 0.427. The molecular weight excluding hydrogens is 304 g/mol. The van der Waals surface area contributed by atoms with Gasteiger partial charge in [0, 0.05) is 11.6 Å². The molecule has 3 unspecified atom stereocenters. The largest absolute Gasteiger partial charge is 0.378 e. The highest BCUT2D eigenvalue weighted by Crippen LogP contribution is 2.50. The van der Waals surface area contributed by atoms with E-state index in [9.17, 15) is 5.26 Å². The summed E-state index contributed by atoms with van der Waals surface area (Å²) in [5, 5.41) is 15.6. The van der Waals surface area contributed by atoms with E-state index in [1.807, 2.05) is 6.07 Å². The molecule has 1 aliphatic heterocycles. The highest BCUT2D eigenvalue weighted by molar-refractivity contribution is 5.86. The Hall–Kier alpha value is -3.05. The van der Waals surface area contributed by atoms with Crippen LogP contribution in [0.1, 0.15) is 35.1 Å². The third kappa shape index (κ3) is 2.16. The van der Waals surface area contributed by atoms with Gasteiger partial charge in [-0.05, 0) is 52.4 Å². The second-order valence-electron chi connectivity index (χ2n) is 6.96. The van der Waals surface area contributed by atoms with Crippen LogP contribution in [0.25, 0.3) is 10.8 Å². The van der Waals surface area contributed by atoms with Crippen molar-refractivity contribution in [2.24, 2.45) is 5.92 Å². The number of fused-ring (bicyclic) bond motifs is 4. The second-order valence-corrected chi connectivity index (χ2v) is 6.96. The molecule has 2 nitrogen and oxygen atoms in total. The summed E-state index contributed by atoms with van der Waals surface area (Å²) < 4.78 is 0. The first-order valence-electron chi connectivity index (χ1n) is 8.80. The zero-order valence-corrected chi connectivity index (χ0v) is 13.8. The Bertz CT molecular complexity index is 1040. The van der Waals surface area contributed by atoms with Crippen LogP contribution in [-0.2, 0) is 0 Å². The van der Waals surface area contributed by atoms with E-state index in [4.69, 9.17) is 0 Å². The smallest absolute Gasteiger partial charge is 0.0991 e. The molecule has 0 fully saturated rings. The van der Waals surface area contributed by atoms with Gasteiger partial charge in [-0.2, -0.15) is 5.26 Å². The summed E-state index contributed by atoms with van der Waals surface area (Å²) in [4.78, 5) is 0. The molecule has 0 saturated heterocycles. The van der Waals surface area contributed by atoms with Gasteiger partial charge in [0.2, 0.25) is 0 Å². The van der Waals surface area contributed by atoms with Crippen LogP contribution >= 0.6 is 0 Å². The van der Waals surface area contributed by atoms with E-state index in [0.29, 0.717) is 11.8 Å². The van der Waals surface area contributed by atoms with Gasteiger partial charge in [0.05, 0.1) is 17.7 Å². The van der Waals surface area contributed by atoms with Gasteiger partial charge in [-0.25, -0.2) is 0 Å². The molecule has 3 aromatic carbocycles. The molecule has 3 atom stereocenters. The quantitative estimate of drug-likeness (QED) is 0.597. The van der Waals surface area contributed by atoms with Gasteiger partial charge in [-0.15, -0.1) is 0 Å². The molecule has 0 saturated carbocycles. The Morgan fingerprint density at radius 2 is 1.84 bits per heavy atom. The first kappa shape index (κ1) is 14.3. The SMILES string of the molecule is N#Cc1ccc2c(c1)C1C=CCC1C(c1cccc3ccccc13)N2. The highest BCUT2D eigenvalue weighted by Gasteiger charge is 2.38. The summed E-state index contributed by atoms with van der Waals surface area (Å²) in [6.07, 6.45) is 5.69. The number of nitrogens with zero attached hydrogens (tertiary/aromatic N) is 1. The Labute approximate surface area is 147 Å². The molecule has 25 heavy (non-hydrogen) atoms. The summed E-state index contributed by atoms with van der Waals surface area (Å²) in [5.74, 6) is 0.876. The maximum Gasteiger partial charge on any atom is 0.0991 e. The number of benzene rings is 3. The zero-order valence-electron chi connectivity index (χ0n) is 13.8. The fourth-order valence-corrected chi connectivity index (χ4v) is 4.49. The Balaban J connectivity index is 1.67. The summed E-state index contributed by atoms with van der Waals surface area (Å²) in [6.45, 7) is 0. The summed E-state index contributed by atoms with van der Waals surface area (Å²) in [7, 11) is 0. The van der Waals surface area contributed by atoms with Crippen molar-refractivity contribution < 1.29 is 0 Å². The van der Waals surface area contributed by atoms with Crippen molar-refractivity contribution in [1.82, 2.24) is 0 Å². The molecule has 2 aliphatic rings. The number of hydrogen-bond acceptors (Lipinski definition) is 2. The molecule has 1 heterocycles. The fourth-order valence-electron chi connectivity index (χ4n) is 4.49. The molecule has 0 amide bonds. The minimum absolute atomic E-state index is 0.284. The van der Waals surface area contributed by atoms with Crippen molar-refractivity contribution in [1.29, 1.82) is 5.26 Å². The van der Waals surface area contributed by atoms with E-state index in [1.165, 1.54) is 21.9 Å². The van der Waals surface area contributed by atoms with Crippen LogP contribution in [0.4, 0.5) is 5.69 Å². The van der Waals surface area contributed by atoms with Gasteiger partial charge in [0.15, 0.2) is 0 Å². The number of anilines is 1. The molecular formula is C23H18N2. The van der Waals surface area contributed by atoms with Crippen LogP contribution in [0.15, 0.2) is 72.8 Å². The normalized spacial score (nSPS) is 23.6. The monoisotopic (exact) mass is 322 g/mol. The van der Waals surface area contributed by atoms with Crippen LogP contribution in [0.3, 0.4) is 0 Å². The Morgan fingerprint density at radius 1 is 0.960 bits per heavy atom. The lowest BCUT2D eigenvalue weighted by Crippen LogP contribution is -2.29. The average molecular weight is 322 g/mol. The van der Waals surface area contributed by atoms with Gasteiger partial charge in [-0.1, -0.05) is 54.6 Å². The fraction of sp³-hybridized carbons (Fsp3) is 0.174. The summed E-state index contributed by atoms with van der Waals surface area (Å²) >= 11 is 0. The number of hydrogen-bond donors (Lipinski definition) is 1. The van der Waals surface area contributed by atoms with E-state index in [-0.39, 0.29) is 6.04 Å². The van der Waals surface area contributed by atoms with Crippen LogP contribution < -0.4 is 5.32 Å². The number of allylic oxidation sites excluding steroid dienone is 2. The molecule has 0 spiro atoms. The molecule has 1 aliphatic carbocycles. The predicted molar refractivity (Wildman–Crippen MR) is 101 cm³/mol. The topological polar surface area (TPSA) is 35.8 Å². The molecule has 3 aromatic rings. The van der Waals surface area contributed by atoms with Crippen molar-refractivity contribution in [3.63, 3.8) is 0 Å². The van der Waals surface area contributed by atoms with Crippen molar-refractivity contribution in [2.45, 2.75) is 18.4 Å². The van der Waals surface area contributed by atoms with Crippen molar-refractivity contribution in [3.8, 4) is 6.07 Å². The summed E-state index contributed by atoms with van der Waals surface area (Å²) in [5.41, 5.74) is 4.52. The molecule has 5 rings (SSSR count). The number of nitrogens with one attached hydrogen (secondary N) is 1. The highest BCUT2D eigenvalue weighted by atomic mass is 15.0. The van der Waals surface area contributed by atoms with Crippen molar-refractivity contribution in [2.75, 3.05) is 5.32 Å². The maximum absolute atomic E-state index is 9.24. The van der Waals surface area contributed by atoms with Crippen LogP contribution in [0, 0.1) is 17.2 Å². The van der Waals surface area contributed by atoms with Crippen molar-refractivity contribution in [3.05, 3.63) is 89.5 Å². The zero-order chi connectivity index (χ0) is 16.8. The number of rotatable bonds is 1. The van der Waals surface area contributed by atoms with Gasteiger partial charge in [-0.3, -0.25) is 0 Å². The van der Waals surface area contributed by atoms with Crippen molar-refractivity contribution >= 4 is 16.5 Å². The summed E-state index contributed by atoms with van der Waals surface area (Å²) in [6, 6.07) is 23.8. The minimum Gasteiger partial charge on any atom is -0.378 e. The predicted octanol–water partition coefficient (Wildman–Crippen LogP) is 5.54. The van der Waals surface area contributed by atoms with E-state index < -0.39 is 0 Å². The van der Waals surface area contributed by atoms with Gasteiger partial charge < -0.3 is 5.32 Å². The van der Waals surface area contributed by atoms with Crippen LogP contribution in [-0.4, -0.2) is 0 Å². The van der Waals surface area contributed by atoms with E-state index in [1.54, 1.807) is 0 Å². The average Bonchev–Trinajstić information content (AvgIpc) is 3.17. The molecule has 1 N–H and O–H groups in total. The van der Waals surface area contributed by atoms with E-state index >= 15 is 0 Å². The molecule has 0 radical (unpaired) electrons. The van der Waals surface area contributed by atoms with E-state index in [0.717, 1.165) is 17.7 Å². The number of nitriles is 1. The minimum atomic E-state index is 0.284. The Kier molecular flexibility index (Phi) is 3.15. The van der Waals surface area contributed by atoms with Gasteiger partial charge in [0.25, 0.3) is 0 Å².